The Morgan fingerprint density at radius 1 is 1.13 bits per heavy atom. The molecule has 0 aromatic heterocycles. The van der Waals surface area contributed by atoms with Crippen molar-refractivity contribution in [1.82, 2.24) is 0 Å². The van der Waals surface area contributed by atoms with Gasteiger partial charge in [-0.2, -0.15) is 0 Å². The fourth-order valence-corrected chi connectivity index (χ4v) is 2.35. The van der Waals surface area contributed by atoms with Gasteiger partial charge in [0.2, 0.25) is 0 Å². The average Bonchev–Trinajstić information content (AvgIpc) is 2.55. The van der Waals surface area contributed by atoms with E-state index in [1.54, 1.807) is 24.3 Å². The lowest BCUT2D eigenvalue weighted by atomic mass is 9.88. The Morgan fingerprint density at radius 2 is 1.78 bits per heavy atom. The Morgan fingerprint density at radius 3 is 2.39 bits per heavy atom. The van der Waals surface area contributed by atoms with Crippen molar-refractivity contribution < 1.29 is 15.0 Å². The van der Waals surface area contributed by atoms with Gasteiger partial charge in [0, 0.05) is 24.6 Å². The summed E-state index contributed by atoms with van der Waals surface area (Å²) in [7, 11) is 0. The van der Waals surface area contributed by atoms with E-state index in [4.69, 9.17) is 0 Å². The van der Waals surface area contributed by atoms with Gasteiger partial charge < -0.3 is 10.2 Å². The average molecular weight is 309 g/mol. The molecule has 0 saturated carbocycles. The highest BCUT2D eigenvalue weighted by Crippen LogP contribution is 2.24. The van der Waals surface area contributed by atoms with Gasteiger partial charge in [0.15, 0.2) is 5.54 Å². The number of benzene rings is 2. The maximum absolute atomic E-state index is 11.9. The third-order valence-electron chi connectivity index (χ3n) is 3.61. The van der Waals surface area contributed by atoms with E-state index in [9.17, 15) is 15.0 Å². The molecule has 0 spiro atoms. The zero-order valence-corrected chi connectivity index (χ0v) is 12.7. The van der Waals surface area contributed by atoms with Crippen LogP contribution in [0.2, 0.25) is 0 Å². The molecule has 0 saturated heterocycles. The smallest absolute Gasteiger partial charge is 0.332 e. The second kappa shape index (κ2) is 7.40. The lowest BCUT2D eigenvalue weighted by molar-refractivity contribution is -0.143. The summed E-state index contributed by atoms with van der Waals surface area (Å²) >= 11 is 0. The van der Waals surface area contributed by atoms with Crippen molar-refractivity contribution in [2.45, 2.75) is 18.4 Å². The van der Waals surface area contributed by atoms with E-state index in [-0.39, 0.29) is 18.6 Å². The van der Waals surface area contributed by atoms with Gasteiger partial charge in [0.05, 0.1) is 0 Å². The van der Waals surface area contributed by atoms with Crippen LogP contribution in [0, 0.1) is 0 Å². The number of nitrogens with zero attached hydrogens (tertiary/aromatic N) is 1. The molecule has 0 amide bonds. The van der Waals surface area contributed by atoms with Crippen LogP contribution in [0.15, 0.2) is 72.2 Å². The van der Waals surface area contributed by atoms with Gasteiger partial charge in [-0.05, 0) is 17.7 Å². The molecule has 2 N–H and O–H groups in total. The maximum atomic E-state index is 11.9. The van der Waals surface area contributed by atoms with Crippen molar-refractivity contribution in [1.29, 1.82) is 0 Å². The summed E-state index contributed by atoms with van der Waals surface area (Å²) in [5, 5.41) is 19.5. The molecule has 23 heavy (non-hydrogen) atoms. The summed E-state index contributed by atoms with van der Waals surface area (Å²) in [6.45, 7) is 3.66. The molecule has 4 nitrogen and oxygen atoms in total. The second-order valence-electron chi connectivity index (χ2n) is 5.31. The molecule has 0 radical (unpaired) electrons. The zero-order chi connectivity index (χ0) is 16.7. The molecule has 1 atom stereocenters. The first-order chi connectivity index (χ1) is 11.1. The van der Waals surface area contributed by atoms with E-state index in [1.165, 1.54) is 12.3 Å². The Kier molecular flexibility index (Phi) is 5.31. The van der Waals surface area contributed by atoms with E-state index in [0.717, 1.165) is 5.56 Å². The standard InChI is InChI=1S/C19H19NO3/c1-2-12-19(18(22)23,13-15-8-4-3-5-9-15)20-14-16-10-6-7-11-17(16)21/h2-11,14,21H,1,12-13H2,(H,22,23). The summed E-state index contributed by atoms with van der Waals surface area (Å²) in [6.07, 6.45) is 3.41. The number of phenolic OH excluding ortho intramolecular Hbond substituents is 1. The molecule has 2 rings (SSSR count). The number of carbonyl (C=O) groups is 1. The lowest BCUT2D eigenvalue weighted by Crippen LogP contribution is -2.38. The van der Waals surface area contributed by atoms with Crippen molar-refractivity contribution in [2.75, 3.05) is 0 Å². The van der Waals surface area contributed by atoms with Gasteiger partial charge in [-0.1, -0.05) is 48.5 Å². The molecule has 4 heteroatoms. The van der Waals surface area contributed by atoms with Gasteiger partial charge >= 0.3 is 5.97 Å². The van der Waals surface area contributed by atoms with Crippen molar-refractivity contribution in [3.05, 3.63) is 78.4 Å². The van der Waals surface area contributed by atoms with Crippen LogP contribution in [-0.4, -0.2) is 27.9 Å². The number of aromatic hydroxyl groups is 1. The first kappa shape index (κ1) is 16.5. The SMILES string of the molecule is C=CCC(Cc1ccccc1)(N=Cc1ccccc1O)C(=O)O. The summed E-state index contributed by atoms with van der Waals surface area (Å²) in [5.41, 5.74) is 0.0206. The van der Waals surface area contributed by atoms with Crippen molar-refractivity contribution in [2.24, 2.45) is 4.99 Å². The summed E-state index contributed by atoms with van der Waals surface area (Å²) in [4.78, 5) is 16.2. The minimum Gasteiger partial charge on any atom is -0.507 e. The fourth-order valence-electron chi connectivity index (χ4n) is 2.35. The largest absolute Gasteiger partial charge is 0.507 e. The summed E-state index contributed by atoms with van der Waals surface area (Å²) in [6, 6.07) is 16.0. The number of rotatable bonds is 7. The van der Waals surface area contributed by atoms with Gasteiger partial charge in [0.1, 0.15) is 5.75 Å². The van der Waals surface area contributed by atoms with Crippen molar-refractivity contribution >= 4 is 12.2 Å². The predicted molar refractivity (Wildman–Crippen MR) is 91.0 cm³/mol. The number of aliphatic carboxylic acids is 1. The molecule has 118 valence electrons. The van der Waals surface area contributed by atoms with E-state index < -0.39 is 11.5 Å². The van der Waals surface area contributed by atoms with Gasteiger partial charge in [-0.3, -0.25) is 4.99 Å². The van der Waals surface area contributed by atoms with Crippen LogP contribution in [-0.2, 0) is 11.2 Å². The number of aliphatic imine (C=N–C) groups is 1. The highest BCUT2D eigenvalue weighted by atomic mass is 16.4. The minimum atomic E-state index is -1.34. The maximum Gasteiger partial charge on any atom is 0.332 e. The lowest BCUT2D eigenvalue weighted by Gasteiger charge is -2.24. The molecule has 0 fully saturated rings. The predicted octanol–water partition coefficient (Wildman–Crippen LogP) is 3.45. The van der Waals surface area contributed by atoms with Crippen LogP contribution in [0.25, 0.3) is 0 Å². The molecule has 0 bridgehead atoms. The Bertz CT molecular complexity index is 710. The molecule has 2 aromatic rings. The number of carboxylic acids is 1. The number of phenols is 1. The number of hydrogen-bond acceptors (Lipinski definition) is 3. The second-order valence-corrected chi connectivity index (χ2v) is 5.31. The molecule has 0 aliphatic heterocycles. The number of hydrogen-bond donors (Lipinski definition) is 2. The van der Waals surface area contributed by atoms with Crippen LogP contribution in [0.1, 0.15) is 17.5 Å². The molecule has 0 aliphatic rings. The molecule has 1 unspecified atom stereocenters. The van der Waals surface area contributed by atoms with Gasteiger partial charge in [-0.25, -0.2) is 4.79 Å². The van der Waals surface area contributed by atoms with Gasteiger partial charge in [0.25, 0.3) is 0 Å². The third-order valence-corrected chi connectivity index (χ3v) is 3.61. The molecule has 2 aromatic carbocycles. The van der Waals surface area contributed by atoms with E-state index in [2.05, 4.69) is 11.6 Å². The molecular formula is C19H19NO3. The monoisotopic (exact) mass is 309 g/mol. The Hall–Kier alpha value is -2.88. The number of para-hydroxylation sites is 1. The first-order valence-electron chi connectivity index (χ1n) is 7.29. The van der Waals surface area contributed by atoms with Gasteiger partial charge in [-0.15, -0.1) is 6.58 Å². The molecule has 0 aliphatic carbocycles. The Balaban J connectivity index is 2.38. The Labute approximate surface area is 135 Å². The van der Waals surface area contributed by atoms with Crippen LogP contribution >= 0.6 is 0 Å². The number of carboxylic acid groups (broad SMARTS) is 1. The highest BCUT2D eigenvalue weighted by molar-refractivity contribution is 5.88. The molecular weight excluding hydrogens is 290 g/mol. The normalized spacial score (nSPS) is 13.6. The van der Waals surface area contributed by atoms with Crippen molar-refractivity contribution in [3.63, 3.8) is 0 Å². The summed E-state index contributed by atoms with van der Waals surface area (Å²) < 4.78 is 0. The summed E-state index contributed by atoms with van der Waals surface area (Å²) in [5.74, 6) is -0.957. The van der Waals surface area contributed by atoms with Crippen LogP contribution < -0.4 is 0 Å². The fraction of sp³-hybridized carbons (Fsp3) is 0.158. The third kappa shape index (κ3) is 4.07. The topological polar surface area (TPSA) is 69.9 Å². The zero-order valence-electron chi connectivity index (χ0n) is 12.7. The van der Waals surface area contributed by atoms with Crippen LogP contribution in [0.4, 0.5) is 0 Å². The van der Waals surface area contributed by atoms with Crippen LogP contribution in [0.5, 0.6) is 5.75 Å². The van der Waals surface area contributed by atoms with Crippen LogP contribution in [0.3, 0.4) is 0 Å². The first-order valence-corrected chi connectivity index (χ1v) is 7.29. The highest BCUT2D eigenvalue weighted by Gasteiger charge is 2.36. The van der Waals surface area contributed by atoms with E-state index in [0.29, 0.717) is 5.56 Å². The van der Waals surface area contributed by atoms with E-state index >= 15 is 0 Å². The minimum absolute atomic E-state index is 0.0638. The van der Waals surface area contributed by atoms with E-state index in [1.807, 2.05) is 30.3 Å². The quantitative estimate of drug-likeness (QED) is 0.608. The molecule has 0 heterocycles. The van der Waals surface area contributed by atoms with Crippen molar-refractivity contribution in [3.8, 4) is 5.75 Å².